The summed E-state index contributed by atoms with van der Waals surface area (Å²) in [7, 11) is -1.83. The molecule has 0 bridgehead atoms. The number of methoxy groups -OCH3 is 1. The lowest BCUT2D eigenvalue weighted by atomic mass is 10.3. The van der Waals surface area contributed by atoms with Crippen molar-refractivity contribution in [2.24, 2.45) is 0 Å². The van der Waals surface area contributed by atoms with E-state index in [2.05, 4.69) is 5.32 Å². The number of sulfonamides is 1. The summed E-state index contributed by atoms with van der Waals surface area (Å²) in [6.07, 6.45) is 1.80. The molecular formula is C20H24N2O4S2. The van der Waals surface area contributed by atoms with Gasteiger partial charge in [0.1, 0.15) is 5.75 Å². The van der Waals surface area contributed by atoms with Crippen molar-refractivity contribution in [1.29, 1.82) is 0 Å². The number of carbonyl (C=O) groups excluding carboxylic acids is 1. The molecule has 1 saturated heterocycles. The summed E-state index contributed by atoms with van der Waals surface area (Å²) >= 11 is 1.44. The zero-order chi connectivity index (χ0) is 20.1. The highest BCUT2D eigenvalue weighted by Crippen LogP contribution is 2.27. The maximum atomic E-state index is 12.6. The number of anilines is 1. The van der Waals surface area contributed by atoms with Gasteiger partial charge in [-0.25, -0.2) is 8.42 Å². The molecule has 1 amide bonds. The molecule has 8 heteroatoms. The number of nitrogens with one attached hydrogen (secondary N) is 1. The largest absolute Gasteiger partial charge is 0.497 e. The lowest BCUT2D eigenvalue weighted by Gasteiger charge is -2.16. The average Bonchev–Trinajstić information content (AvgIpc) is 3.25. The topological polar surface area (TPSA) is 75.7 Å². The number of hydrogen-bond donors (Lipinski definition) is 1. The van der Waals surface area contributed by atoms with Crippen LogP contribution in [0.5, 0.6) is 5.75 Å². The summed E-state index contributed by atoms with van der Waals surface area (Å²) in [5.41, 5.74) is 0.576. The van der Waals surface area contributed by atoms with Crippen LogP contribution in [0.15, 0.2) is 58.3 Å². The maximum Gasteiger partial charge on any atom is 0.243 e. The Balaban J connectivity index is 1.60. The second-order valence-corrected chi connectivity index (χ2v) is 9.91. The molecule has 0 unspecified atom stereocenters. The molecule has 3 rings (SSSR count). The molecule has 2 aromatic rings. The first kappa shape index (κ1) is 20.7. The SMILES string of the molecule is COc1ccc(S[C@@H](C)C(=O)Nc2ccc(S(=O)(=O)N3CCCC3)cc2)cc1. The Kier molecular flexibility index (Phi) is 6.64. The van der Waals surface area contributed by atoms with E-state index in [4.69, 9.17) is 4.74 Å². The van der Waals surface area contributed by atoms with Crippen LogP contribution in [-0.2, 0) is 14.8 Å². The van der Waals surface area contributed by atoms with E-state index < -0.39 is 10.0 Å². The molecule has 1 N–H and O–H groups in total. The van der Waals surface area contributed by atoms with Gasteiger partial charge in [0.25, 0.3) is 0 Å². The maximum absolute atomic E-state index is 12.6. The van der Waals surface area contributed by atoms with E-state index in [0.717, 1.165) is 23.5 Å². The van der Waals surface area contributed by atoms with Gasteiger partial charge in [0.05, 0.1) is 17.3 Å². The Morgan fingerprint density at radius 3 is 2.25 bits per heavy atom. The van der Waals surface area contributed by atoms with E-state index in [1.807, 2.05) is 31.2 Å². The molecule has 1 fully saturated rings. The van der Waals surface area contributed by atoms with Crippen molar-refractivity contribution in [1.82, 2.24) is 4.31 Å². The molecule has 150 valence electrons. The van der Waals surface area contributed by atoms with Gasteiger partial charge in [-0.15, -0.1) is 11.8 Å². The number of hydrogen-bond acceptors (Lipinski definition) is 5. The smallest absolute Gasteiger partial charge is 0.243 e. The van der Waals surface area contributed by atoms with Crippen molar-refractivity contribution in [3.8, 4) is 5.75 Å². The van der Waals surface area contributed by atoms with E-state index >= 15 is 0 Å². The minimum Gasteiger partial charge on any atom is -0.497 e. The van der Waals surface area contributed by atoms with Crippen LogP contribution in [0.4, 0.5) is 5.69 Å². The highest BCUT2D eigenvalue weighted by atomic mass is 32.2. The molecule has 0 saturated carbocycles. The van der Waals surface area contributed by atoms with E-state index in [9.17, 15) is 13.2 Å². The van der Waals surface area contributed by atoms with Crippen LogP contribution in [0.1, 0.15) is 19.8 Å². The third-order valence-corrected chi connectivity index (χ3v) is 7.59. The Bertz CT molecular complexity index is 906. The number of rotatable bonds is 7. The first-order valence-corrected chi connectivity index (χ1v) is 11.4. The molecule has 1 aliphatic heterocycles. The monoisotopic (exact) mass is 420 g/mol. The predicted molar refractivity (Wildman–Crippen MR) is 111 cm³/mol. The van der Waals surface area contributed by atoms with Crippen molar-refractivity contribution in [2.75, 3.05) is 25.5 Å². The molecule has 0 spiro atoms. The Morgan fingerprint density at radius 1 is 1.07 bits per heavy atom. The summed E-state index contributed by atoms with van der Waals surface area (Å²) in [5, 5.41) is 2.54. The number of carbonyl (C=O) groups is 1. The lowest BCUT2D eigenvalue weighted by Crippen LogP contribution is -2.27. The standard InChI is InChI=1S/C20H24N2O4S2/c1-15(27-18-9-7-17(26-2)8-10-18)20(23)21-16-5-11-19(12-6-16)28(24,25)22-13-3-4-14-22/h5-12,15H,3-4,13-14H2,1-2H3,(H,21,23)/t15-/m0/s1. The van der Waals surface area contributed by atoms with Crippen LogP contribution >= 0.6 is 11.8 Å². The fourth-order valence-electron chi connectivity index (χ4n) is 2.94. The number of thioether (sulfide) groups is 1. The molecule has 0 aromatic heterocycles. The molecule has 2 aromatic carbocycles. The highest BCUT2D eigenvalue weighted by Gasteiger charge is 2.27. The third-order valence-electron chi connectivity index (χ3n) is 4.57. The fourth-order valence-corrected chi connectivity index (χ4v) is 5.33. The molecular weight excluding hydrogens is 396 g/mol. The van der Waals surface area contributed by atoms with Gasteiger partial charge >= 0.3 is 0 Å². The molecule has 1 atom stereocenters. The van der Waals surface area contributed by atoms with Crippen molar-refractivity contribution < 1.29 is 17.9 Å². The fraction of sp³-hybridized carbons (Fsp3) is 0.350. The van der Waals surface area contributed by atoms with Crippen molar-refractivity contribution in [2.45, 2.75) is 34.8 Å². The zero-order valence-electron chi connectivity index (χ0n) is 15.9. The number of ether oxygens (including phenoxy) is 1. The Morgan fingerprint density at radius 2 is 1.68 bits per heavy atom. The molecule has 6 nitrogen and oxygen atoms in total. The zero-order valence-corrected chi connectivity index (χ0v) is 17.6. The summed E-state index contributed by atoms with van der Waals surface area (Å²) in [5.74, 6) is 0.626. The first-order valence-electron chi connectivity index (χ1n) is 9.12. The highest BCUT2D eigenvalue weighted by molar-refractivity contribution is 8.00. The minimum absolute atomic E-state index is 0.143. The van der Waals surface area contributed by atoms with Gasteiger partial charge in [-0.05, 0) is 68.3 Å². The Labute approximate surface area is 170 Å². The first-order chi connectivity index (χ1) is 13.4. The quantitative estimate of drug-likeness (QED) is 0.693. The van der Waals surface area contributed by atoms with Crippen LogP contribution in [-0.4, -0.2) is 44.1 Å². The molecule has 1 aliphatic rings. The van der Waals surface area contributed by atoms with Gasteiger partial charge in [0, 0.05) is 23.7 Å². The van der Waals surface area contributed by atoms with Crippen LogP contribution in [0.3, 0.4) is 0 Å². The van der Waals surface area contributed by atoms with Crippen molar-refractivity contribution >= 4 is 33.4 Å². The molecule has 0 aliphatic carbocycles. The Hall–Kier alpha value is -2.03. The third kappa shape index (κ3) is 4.87. The van der Waals surface area contributed by atoms with Gasteiger partial charge in [-0.3, -0.25) is 4.79 Å². The van der Waals surface area contributed by atoms with Crippen LogP contribution < -0.4 is 10.1 Å². The summed E-state index contributed by atoms with van der Waals surface area (Å²) < 4.78 is 31.7. The van der Waals surface area contributed by atoms with Crippen molar-refractivity contribution in [3.63, 3.8) is 0 Å². The predicted octanol–water partition coefficient (Wildman–Crippen LogP) is 3.60. The van der Waals surface area contributed by atoms with Gasteiger partial charge in [0.2, 0.25) is 15.9 Å². The van der Waals surface area contributed by atoms with Crippen LogP contribution in [0.2, 0.25) is 0 Å². The minimum atomic E-state index is -3.44. The van der Waals surface area contributed by atoms with Crippen LogP contribution in [0.25, 0.3) is 0 Å². The lowest BCUT2D eigenvalue weighted by molar-refractivity contribution is -0.115. The second-order valence-electron chi connectivity index (χ2n) is 6.56. The van der Waals surface area contributed by atoms with E-state index in [1.165, 1.54) is 16.1 Å². The van der Waals surface area contributed by atoms with E-state index in [1.54, 1.807) is 31.4 Å². The van der Waals surface area contributed by atoms with Gasteiger partial charge < -0.3 is 10.1 Å². The summed E-state index contributed by atoms with van der Waals surface area (Å²) in [4.78, 5) is 13.7. The second kappa shape index (κ2) is 8.98. The number of amides is 1. The number of nitrogens with zero attached hydrogens (tertiary/aromatic N) is 1. The van der Waals surface area contributed by atoms with Gasteiger partial charge in [0.15, 0.2) is 0 Å². The normalized spacial score (nSPS) is 15.9. The molecule has 1 heterocycles. The van der Waals surface area contributed by atoms with Gasteiger partial charge in [-0.1, -0.05) is 0 Å². The summed E-state index contributed by atoms with van der Waals surface area (Å²) in [6, 6.07) is 13.9. The van der Waals surface area contributed by atoms with Gasteiger partial charge in [-0.2, -0.15) is 4.31 Å². The average molecular weight is 421 g/mol. The van der Waals surface area contributed by atoms with Crippen LogP contribution in [0, 0.1) is 0 Å². The van der Waals surface area contributed by atoms with E-state index in [0.29, 0.717) is 18.8 Å². The number of benzene rings is 2. The molecule has 28 heavy (non-hydrogen) atoms. The van der Waals surface area contributed by atoms with E-state index in [-0.39, 0.29) is 16.1 Å². The van der Waals surface area contributed by atoms with Crippen molar-refractivity contribution in [3.05, 3.63) is 48.5 Å². The molecule has 0 radical (unpaired) electrons. The summed E-state index contributed by atoms with van der Waals surface area (Å²) in [6.45, 7) is 2.97.